The van der Waals surface area contributed by atoms with Gasteiger partial charge in [-0.1, -0.05) is 11.6 Å². The third-order valence-corrected chi connectivity index (χ3v) is 4.87. The number of amides is 1. The second kappa shape index (κ2) is 7.67. The van der Waals surface area contributed by atoms with Crippen molar-refractivity contribution in [2.75, 3.05) is 18.0 Å². The van der Waals surface area contributed by atoms with Gasteiger partial charge in [-0.3, -0.25) is 4.79 Å². The number of carbonyl (C=O) groups excluding carboxylic acids is 1. The average Bonchev–Trinajstić information content (AvgIpc) is 3.33. The maximum absolute atomic E-state index is 12.4. The number of alkyl halides is 2. The number of H-pyrrole nitrogens is 1. The van der Waals surface area contributed by atoms with Crippen LogP contribution in [-0.2, 0) is 4.79 Å². The van der Waals surface area contributed by atoms with Gasteiger partial charge in [-0.25, -0.2) is 23.7 Å². The number of aromatic nitrogens is 4. The van der Waals surface area contributed by atoms with Crippen molar-refractivity contribution in [1.82, 2.24) is 25.3 Å². The van der Waals surface area contributed by atoms with Crippen LogP contribution >= 0.6 is 11.6 Å². The molecule has 2 N–H and O–H groups in total. The molecule has 0 radical (unpaired) electrons. The summed E-state index contributed by atoms with van der Waals surface area (Å²) in [7, 11) is 0. The van der Waals surface area contributed by atoms with Crippen molar-refractivity contribution in [3.05, 3.63) is 35.7 Å². The molecule has 0 aliphatic carbocycles. The molecule has 10 heteroatoms. The molecule has 7 nitrogen and oxygen atoms in total. The van der Waals surface area contributed by atoms with E-state index in [1.165, 1.54) is 0 Å². The zero-order chi connectivity index (χ0) is 19.7. The van der Waals surface area contributed by atoms with E-state index in [2.05, 4.69) is 25.3 Å². The van der Waals surface area contributed by atoms with Crippen LogP contribution in [0, 0.1) is 0 Å². The second-order valence-electron chi connectivity index (χ2n) is 6.48. The van der Waals surface area contributed by atoms with Gasteiger partial charge in [-0.05, 0) is 25.0 Å². The number of nitrogens with zero attached hydrogens (tertiary/aromatic N) is 4. The summed E-state index contributed by atoms with van der Waals surface area (Å²) in [5.74, 6) is 0.622. The molecule has 148 valence electrons. The summed E-state index contributed by atoms with van der Waals surface area (Å²) >= 11 is 6.05. The quantitative estimate of drug-likeness (QED) is 0.676. The van der Waals surface area contributed by atoms with E-state index in [0.717, 1.165) is 17.4 Å². The molecule has 0 spiro atoms. The van der Waals surface area contributed by atoms with Gasteiger partial charge in [-0.15, -0.1) is 0 Å². The third-order valence-electron chi connectivity index (χ3n) is 4.66. The Hall–Kier alpha value is -2.81. The topological polar surface area (TPSA) is 86.8 Å². The molecule has 1 aliphatic heterocycles. The van der Waals surface area contributed by atoms with E-state index in [1.54, 1.807) is 30.7 Å². The van der Waals surface area contributed by atoms with E-state index in [9.17, 15) is 13.6 Å². The van der Waals surface area contributed by atoms with Gasteiger partial charge >= 0.3 is 0 Å². The maximum atomic E-state index is 12.4. The lowest BCUT2D eigenvalue weighted by Gasteiger charge is -2.25. The van der Waals surface area contributed by atoms with E-state index in [0.29, 0.717) is 35.3 Å². The summed E-state index contributed by atoms with van der Waals surface area (Å²) in [6, 6.07) is 2.96. The Balaban J connectivity index is 0.00000240. The Morgan fingerprint density at radius 1 is 1.46 bits per heavy atom. The normalized spacial score (nSPS) is 16.9. The van der Waals surface area contributed by atoms with Crippen molar-refractivity contribution in [2.24, 2.45) is 0 Å². The zero-order valence-corrected chi connectivity index (χ0v) is 15.5. The Labute approximate surface area is 165 Å². The highest BCUT2D eigenvalue weighted by atomic mass is 35.5. The van der Waals surface area contributed by atoms with Gasteiger partial charge in [0.25, 0.3) is 6.43 Å². The lowest BCUT2D eigenvalue weighted by molar-refractivity contribution is -0.122. The molecule has 1 saturated heterocycles. The number of anilines is 1. The van der Waals surface area contributed by atoms with Crippen LogP contribution in [-0.4, -0.2) is 51.4 Å². The van der Waals surface area contributed by atoms with Crippen molar-refractivity contribution in [1.29, 1.82) is 0 Å². The van der Waals surface area contributed by atoms with Crippen molar-refractivity contribution in [2.45, 2.75) is 25.3 Å². The van der Waals surface area contributed by atoms with Crippen molar-refractivity contribution in [3.8, 4) is 11.4 Å². The zero-order valence-electron chi connectivity index (χ0n) is 14.7. The van der Waals surface area contributed by atoms with Crippen molar-refractivity contribution in [3.63, 3.8) is 0 Å². The Bertz CT molecular complexity index is 1020. The molecule has 28 heavy (non-hydrogen) atoms. The molecule has 3 aromatic heterocycles. The second-order valence-corrected chi connectivity index (χ2v) is 6.91. The van der Waals surface area contributed by atoms with Crippen molar-refractivity contribution >= 4 is 34.4 Å². The fraction of sp³-hybridized carbons (Fsp3) is 0.333. The van der Waals surface area contributed by atoms with Crippen LogP contribution in [0.15, 0.2) is 30.7 Å². The van der Waals surface area contributed by atoms with Gasteiger partial charge < -0.3 is 15.2 Å². The Morgan fingerprint density at radius 3 is 3.14 bits per heavy atom. The molecule has 4 rings (SSSR count). The van der Waals surface area contributed by atoms with E-state index in [1.807, 2.05) is 4.90 Å². The number of hydrogen-bond donors (Lipinski definition) is 2. The van der Waals surface area contributed by atoms with Crippen molar-refractivity contribution < 1.29 is 15.0 Å². The molecule has 0 saturated carbocycles. The Morgan fingerprint density at radius 2 is 2.32 bits per heavy atom. The molecule has 1 aliphatic rings. The molecule has 1 atom stereocenters. The van der Waals surface area contributed by atoms with E-state index < -0.39 is 24.9 Å². The van der Waals surface area contributed by atoms with Crippen LogP contribution in [0.25, 0.3) is 22.4 Å². The van der Waals surface area contributed by atoms with Crippen LogP contribution in [0.1, 0.15) is 14.3 Å². The molecular weight excluding hydrogens is 390 g/mol. The predicted molar refractivity (Wildman–Crippen MR) is 104 cm³/mol. The van der Waals surface area contributed by atoms with Crippen LogP contribution in [0.5, 0.6) is 0 Å². The lowest BCUT2D eigenvalue weighted by atomic mass is 10.2. The van der Waals surface area contributed by atoms with Gasteiger partial charge in [0.1, 0.15) is 17.5 Å². The first-order valence-corrected chi connectivity index (χ1v) is 9.19. The molecule has 0 unspecified atom stereocenters. The van der Waals surface area contributed by atoms with Gasteiger partial charge in [0.2, 0.25) is 5.91 Å². The first-order valence-electron chi connectivity index (χ1n) is 8.81. The molecule has 0 bridgehead atoms. The minimum Gasteiger partial charge on any atom is -0.349 e. The first-order chi connectivity index (χ1) is 13.5. The van der Waals surface area contributed by atoms with Gasteiger partial charge in [0, 0.05) is 37.5 Å². The van der Waals surface area contributed by atoms with E-state index >= 15 is 0 Å². The molecule has 4 heterocycles. The van der Waals surface area contributed by atoms with E-state index in [4.69, 9.17) is 11.6 Å². The minimum atomic E-state index is -2.58. The summed E-state index contributed by atoms with van der Waals surface area (Å²) < 4.78 is 24.8. The highest BCUT2D eigenvalue weighted by Crippen LogP contribution is 2.30. The fourth-order valence-electron chi connectivity index (χ4n) is 3.41. The SMILES string of the molecule is O=C(NCC(F)F)[C@H]1CCCN1c1ccnc(-c2c[nH]c3ncc(Cl)cc23)n1.[HH]. The standard InChI is InChI=1S/C18H17ClF2N6O.H2/c19-10-6-11-12(8-24-16(11)23-7-10)17-22-4-3-15(26-17)27-5-1-2-13(27)18(28)25-9-14(20)21;/h3-4,6-8,13-14H,1-2,5,9H2,(H,23,24)(H,25,28);1H/t13-;/m1./s1. The predicted octanol–water partition coefficient (Wildman–Crippen LogP) is 3.27. The van der Waals surface area contributed by atoms with Crippen LogP contribution in [0.2, 0.25) is 5.02 Å². The largest absolute Gasteiger partial charge is 0.349 e. The number of halogens is 3. The number of nitrogens with one attached hydrogen (secondary N) is 2. The number of rotatable bonds is 5. The smallest absolute Gasteiger partial charge is 0.255 e. The lowest BCUT2D eigenvalue weighted by Crippen LogP contribution is -2.45. The number of aromatic amines is 1. The molecule has 0 aromatic carbocycles. The van der Waals surface area contributed by atoms with Crippen LogP contribution in [0.4, 0.5) is 14.6 Å². The van der Waals surface area contributed by atoms with Gasteiger partial charge in [-0.2, -0.15) is 0 Å². The summed E-state index contributed by atoms with van der Waals surface area (Å²) in [6.07, 6.45) is 3.70. The highest BCUT2D eigenvalue weighted by Gasteiger charge is 2.32. The van der Waals surface area contributed by atoms with E-state index in [-0.39, 0.29) is 1.43 Å². The number of hydrogen-bond acceptors (Lipinski definition) is 5. The minimum absolute atomic E-state index is 0. The molecule has 3 aromatic rings. The number of pyridine rings is 1. The molecule has 1 amide bonds. The summed E-state index contributed by atoms with van der Waals surface area (Å²) in [5.41, 5.74) is 1.41. The summed E-state index contributed by atoms with van der Waals surface area (Å²) in [4.78, 5) is 30.3. The number of fused-ring (bicyclic) bond motifs is 1. The van der Waals surface area contributed by atoms with Crippen LogP contribution < -0.4 is 10.2 Å². The van der Waals surface area contributed by atoms with Crippen LogP contribution in [0.3, 0.4) is 0 Å². The molecule has 1 fully saturated rings. The van der Waals surface area contributed by atoms with Gasteiger partial charge in [0.05, 0.1) is 11.6 Å². The monoisotopic (exact) mass is 408 g/mol. The first kappa shape index (κ1) is 18.5. The van der Waals surface area contributed by atoms with Gasteiger partial charge in [0.15, 0.2) is 5.82 Å². The highest BCUT2D eigenvalue weighted by molar-refractivity contribution is 6.31. The number of carbonyl (C=O) groups is 1. The Kier molecular flexibility index (Phi) is 5.08. The summed E-state index contributed by atoms with van der Waals surface area (Å²) in [6.45, 7) is -0.0359. The third kappa shape index (κ3) is 3.62. The average molecular weight is 409 g/mol. The summed E-state index contributed by atoms with van der Waals surface area (Å²) in [5, 5.41) is 3.58. The molecular formula is C18H19ClF2N6O. The fourth-order valence-corrected chi connectivity index (χ4v) is 3.57. The maximum Gasteiger partial charge on any atom is 0.255 e.